The average molecular weight is 360 g/mol. The maximum atomic E-state index is 12.3. The second-order valence-electron chi connectivity index (χ2n) is 7.94. The molecule has 5 nitrogen and oxygen atoms in total. The van der Waals surface area contributed by atoms with Crippen LogP contribution in [0.4, 0.5) is 0 Å². The first kappa shape index (κ1) is 19.2. The average Bonchev–Trinajstić information content (AvgIpc) is 2.64. The van der Waals surface area contributed by atoms with Crippen LogP contribution in [0.25, 0.3) is 0 Å². The summed E-state index contributed by atoms with van der Waals surface area (Å²) in [4.78, 5) is 16.8. The van der Waals surface area contributed by atoms with E-state index in [4.69, 9.17) is 9.47 Å². The maximum absolute atomic E-state index is 12.3. The largest absolute Gasteiger partial charge is 0.496 e. The zero-order valence-corrected chi connectivity index (χ0v) is 16.4. The number of likely N-dealkylation sites (tertiary alicyclic amines) is 2. The predicted molar refractivity (Wildman–Crippen MR) is 102 cm³/mol. The van der Waals surface area contributed by atoms with E-state index in [9.17, 15) is 4.79 Å². The summed E-state index contributed by atoms with van der Waals surface area (Å²) in [5.74, 6) is 1.26. The number of rotatable bonds is 6. The summed E-state index contributed by atoms with van der Waals surface area (Å²) < 4.78 is 10.8. The van der Waals surface area contributed by atoms with Crippen LogP contribution in [0.2, 0.25) is 0 Å². The van der Waals surface area contributed by atoms with E-state index >= 15 is 0 Å². The summed E-state index contributed by atoms with van der Waals surface area (Å²) in [5, 5.41) is 0. The van der Waals surface area contributed by atoms with Crippen LogP contribution in [0.15, 0.2) is 18.2 Å². The van der Waals surface area contributed by atoms with Gasteiger partial charge in [-0.15, -0.1) is 0 Å². The number of hydrogen-bond donors (Lipinski definition) is 0. The summed E-state index contributed by atoms with van der Waals surface area (Å²) in [7, 11) is 3.44. The Kier molecular flexibility index (Phi) is 6.20. The number of nitrogens with zero attached hydrogens (tertiary/aromatic N) is 2. The van der Waals surface area contributed by atoms with Crippen molar-refractivity contribution >= 4 is 5.91 Å². The first-order valence-electron chi connectivity index (χ1n) is 9.68. The van der Waals surface area contributed by atoms with Gasteiger partial charge in [0.2, 0.25) is 5.91 Å². The number of hydrogen-bond acceptors (Lipinski definition) is 4. The van der Waals surface area contributed by atoms with Gasteiger partial charge in [0, 0.05) is 50.7 Å². The Bertz CT molecular complexity index is 634. The molecule has 2 fully saturated rings. The lowest BCUT2D eigenvalue weighted by Gasteiger charge is -2.48. The fraction of sp³-hybridized carbons (Fsp3) is 0.667. The number of ether oxygens (including phenoxy) is 2. The topological polar surface area (TPSA) is 42.0 Å². The number of benzene rings is 1. The lowest BCUT2D eigenvalue weighted by atomic mass is 9.73. The molecule has 2 aliphatic rings. The highest BCUT2D eigenvalue weighted by molar-refractivity contribution is 5.77. The third-order valence-electron chi connectivity index (χ3n) is 5.89. The van der Waals surface area contributed by atoms with Crippen molar-refractivity contribution in [1.29, 1.82) is 0 Å². The first-order valence-corrected chi connectivity index (χ1v) is 9.68. The molecule has 1 aromatic rings. The molecule has 1 amide bonds. The molecule has 0 radical (unpaired) electrons. The molecule has 2 aliphatic heterocycles. The van der Waals surface area contributed by atoms with Gasteiger partial charge in [-0.3, -0.25) is 9.69 Å². The summed E-state index contributed by atoms with van der Waals surface area (Å²) >= 11 is 0. The van der Waals surface area contributed by atoms with E-state index in [0.717, 1.165) is 38.3 Å². The van der Waals surface area contributed by atoms with Crippen LogP contribution in [-0.4, -0.2) is 62.7 Å². The molecule has 5 heteroatoms. The fourth-order valence-corrected chi connectivity index (χ4v) is 4.51. The highest BCUT2D eigenvalue weighted by Gasteiger charge is 2.41. The Balaban J connectivity index is 1.68. The van der Waals surface area contributed by atoms with Crippen LogP contribution >= 0.6 is 0 Å². The third-order valence-corrected chi connectivity index (χ3v) is 5.89. The Morgan fingerprint density at radius 3 is 2.81 bits per heavy atom. The van der Waals surface area contributed by atoms with Crippen LogP contribution in [0.5, 0.6) is 5.75 Å². The minimum Gasteiger partial charge on any atom is -0.496 e. The molecule has 2 heterocycles. The summed E-state index contributed by atoms with van der Waals surface area (Å²) in [6.45, 7) is 7.38. The van der Waals surface area contributed by atoms with Crippen LogP contribution in [0.1, 0.15) is 36.8 Å². The van der Waals surface area contributed by atoms with Crippen molar-refractivity contribution in [3.8, 4) is 5.75 Å². The van der Waals surface area contributed by atoms with E-state index < -0.39 is 0 Å². The molecule has 3 rings (SSSR count). The van der Waals surface area contributed by atoms with Crippen molar-refractivity contribution < 1.29 is 14.3 Å². The second kappa shape index (κ2) is 8.40. The number of methoxy groups -OCH3 is 2. The number of aryl methyl sites for hydroxylation is 1. The quantitative estimate of drug-likeness (QED) is 0.782. The van der Waals surface area contributed by atoms with Crippen LogP contribution in [0.3, 0.4) is 0 Å². The van der Waals surface area contributed by atoms with Crippen molar-refractivity contribution in [2.75, 3.05) is 47.0 Å². The predicted octanol–water partition coefficient (Wildman–Crippen LogP) is 2.85. The molecule has 0 aliphatic carbocycles. The number of carbonyl (C=O) groups excluding carboxylic acids is 1. The molecule has 2 saturated heterocycles. The van der Waals surface area contributed by atoms with Gasteiger partial charge in [-0.2, -0.15) is 0 Å². The van der Waals surface area contributed by atoms with Gasteiger partial charge in [0.25, 0.3) is 0 Å². The van der Waals surface area contributed by atoms with Crippen LogP contribution in [-0.2, 0) is 16.1 Å². The van der Waals surface area contributed by atoms with Gasteiger partial charge in [-0.1, -0.05) is 12.1 Å². The van der Waals surface area contributed by atoms with E-state index in [1.807, 2.05) is 4.90 Å². The van der Waals surface area contributed by atoms with Gasteiger partial charge in [-0.05, 0) is 44.4 Å². The van der Waals surface area contributed by atoms with Crippen molar-refractivity contribution in [3.05, 3.63) is 29.3 Å². The fourth-order valence-electron chi connectivity index (χ4n) is 4.51. The van der Waals surface area contributed by atoms with Crippen molar-refractivity contribution in [3.63, 3.8) is 0 Å². The second-order valence-corrected chi connectivity index (χ2v) is 7.94. The van der Waals surface area contributed by atoms with Crippen LogP contribution in [0, 0.1) is 12.3 Å². The molecule has 1 atom stereocenters. The van der Waals surface area contributed by atoms with Gasteiger partial charge in [0.1, 0.15) is 5.75 Å². The smallest absolute Gasteiger partial charge is 0.222 e. The van der Waals surface area contributed by atoms with Gasteiger partial charge in [0.15, 0.2) is 0 Å². The minimum absolute atomic E-state index is 0.234. The lowest BCUT2D eigenvalue weighted by molar-refractivity contribution is -0.140. The molecular formula is C21H32N2O3. The molecule has 144 valence electrons. The maximum Gasteiger partial charge on any atom is 0.222 e. The van der Waals surface area contributed by atoms with E-state index in [-0.39, 0.29) is 11.3 Å². The highest BCUT2D eigenvalue weighted by atomic mass is 16.5. The number of piperidine rings is 2. The van der Waals surface area contributed by atoms with Gasteiger partial charge in [-0.25, -0.2) is 0 Å². The molecule has 0 N–H and O–H groups in total. The van der Waals surface area contributed by atoms with Gasteiger partial charge in [0.05, 0.1) is 13.7 Å². The zero-order chi connectivity index (χ0) is 18.6. The Morgan fingerprint density at radius 2 is 2.04 bits per heavy atom. The summed E-state index contributed by atoms with van der Waals surface area (Å²) in [6, 6.07) is 6.45. The molecular weight excluding hydrogens is 328 g/mol. The van der Waals surface area contributed by atoms with Crippen LogP contribution < -0.4 is 4.74 Å². The normalized spacial score (nSPS) is 24.3. The molecule has 1 unspecified atom stereocenters. The van der Waals surface area contributed by atoms with E-state index in [1.54, 1.807) is 14.2 Å². The molecule has 0 bridgehead atoms. The Morgan fingerprint density at radius 1 is 1.19 bits per heavy atom. The Hall–Kier alpha value is -1.59. The van der Waals surface area contributed by atoms with E-state index in [1.165, 1.54) is 24.0 Å². The Labute approximate surface area is 157 Å². The molecule has 1 aromatic carbocycles. The number of amides is 1. The molecule has 1 spiro atoms. The minimum atomic E-state index is 0.234. The summed E-state index contributed by atoms with van der Waals surface area (Å²) in [6.07, 6.45) is 4.09. The zero-order valence-electron chi connectivity index (χ0n) is 16.4. The van der Waals surface area contributed by atoms with Crippen molar-refractivity contribution in [2.24, 2.45) is 5.41 Å². The lowest BCUT2D eigenvalue weighted by Crippen LogP contribution is -2.54. The van der Waals surface area contributed by atoms with Crippen molar-refractivity contribution in [2.45, 2.75) is 39.2 Å². The third kappa shape index (κ3) is 4.38. The molecule has 0 saturated carbocycles. The van der Waals surface area contributed by atoms with E-state index in [0.29, 0.717) is 19.6 Å². The standard InChI is InChI=1S/C21H32N2O3/c1-17-5-6-18(19(13-17)26-3)14-22-10-4-8-21(15-22)9-7-20(24)23(16-21)11-12-25-2/h5-6,13H,4,7-12,14-16H2,1-3H3. The summed E-state index contributed by atoms with van der Waals surface area (Å²) in [5.41, 5.74) is 2.70. The van der Waals surface area contributed by atoms with E-state index in [2.05, 4.69) is 30.0 Å². The molecule has 0 aromatic heterocycles. The van der Waals surface area contributed by atoms with Crippen molar-refractivity contribution in [1.82, 2.24) is 9.80 Å². The number of carbonyl (C=O) groups is 1. The molecule has 26 heavy (non-hydrogen) atoms. The van der Waals surface area contributed by atoms with Gasteiger partial charge < -0.3 is 14.4 Å². The SMILES string of the molecule is COCCN1CC2(CCCN(Cc3ccc(C)cc3OC)C2)CCC1=O. The highest BCUT2D eigenvalue weighted by Crippen LogP contribution is 2.39. The first-order chi connectivity index (χ1) is 12.5. The monoisotopic (exact) mass is 360 g/mol. The van der Waals surface area contributed by atoms with Gasteiger partial charge >= 0.3 is 0 Å².